The first-order valence-corrected chi connectivity index (χ1v) is 13.3. The number of fused-ring (bicyclic) bond motifs is 2. The standard InChI is InChI=1S/C22H23BrFN7OS/c1-33(2,32)30-7-5-29(6-8-30)13-19-20(23)21(25)31-22(28-19)17(12-27-31)15-9-14-10-16(24)3-4-18(14)26-11-15/h3-4,9-12H,1,5-8,13,25H2,2H3. The number of nitrogen functional groups attached to an aromatic ring is 1. The van der Waals surface area contributed by atoms with E-state index in [1.54, 1.807) is 29.2 Å². The third-order valence-corrected chi connectivity index (χ3v) is 8.22. The van der Waals surface area contributed by atoms with Crippen molar-refractivity contribution in [3.8, 4) is 11.1 Å². The van der Waals surface area contributed by atoms with Gasteiger partial charge in [0.15, 0.2) is 5.65 Å². The fourth-order valence-electron chi connectivity index (χ4n) is 4.09. The Kier molecular flexibility index (Phi) is 5.60. The monoisotopic (exact) mass is 531 g/mol. The molecule has 0 aliphatic carbocycles. The van der Waals surface area contributed by atoms with E-state index < -0.39 is 9.71 Å². The lowest BCUT2D eigenvalue weighted by Crippen LogP contribution is -2.47. The molecule has 0 spiro atoms. The van der Waals surface area contributed by atoms with Crippen molar-refractivity contribution in [1.82, 2.24) is 28.8 Å². The Morgan fingerprint density at radius 3 is 2.70 bits per heavy atom. The van der Waals surface area contributed by atoms with Crippen LogP contribution < -0.4 is 5.73 Å². The molecule has 0 radical (unpaired) electrons. The van der Waals surface area contributed by atoms with E-state index in [4.69, 9.17) is 10.7 Å². The van der Waals surface area contributed by atoms with Crippen LogP contribution in [0.15, 0.2) is 41.1 Å². The van der Waals surface area contributed by atoms with Gasteiger partial charge < -0.3 is 5.73 Å². The molecule has 1 atom stereocenters. The quantitative estimate of drug-likeness (QED) is 0.407. The minimum atomic E-state index is -2.19. The Hall–Kier alpha value is -2.60. The van der Waals surface area contributed by atoms with E-state index in [2.05, 4.69) is 36.8 Å². The van der Waals surface area contributed by atoms with Crippen LogP contribution in [0.5, 0.6) is 0 Å². The van der Waals surface area contributed by atoms with Crippen molar-refractivity contribution in [3.05, 3.63) is 52.6 Å². The fraction of sp³-hybridized carbons (Fsp3) is 0.273. The van der Waals surface area contributed by atoms with Crippen LogP contribution in [0.3, 0.4) is 0 Å². The molecular weight excluding hydrogens is 509 g/mol. The molecule has 1 saturated heterocycles. The highest BCUT2D eigenvalue weighted by Gasteiger charge is 2.23. The number of hydrogen-bond donors (Lipinski definition) is 1. The summed E-state index contributed by atoms with van der Waals surface area (Å²) >= 11 is 3.58. The highest BCUT2D eigenvalue weighted by Crippen LogP contribution is 2.31. The molecule has 11 heteroatoms. The van der Waals surface area contributed by atoms with E-state index in [0.717, 1.165) is 29.9 Å². The zero-order chi connectivity index (χ0) is 23.3. The van der Waals surface area contributed by atoms with Gasteiger partial charge in [-0.2, -0.15) is 9.61 Å². The van der Waals surface area contributed by atoms with Gasteiger partial charge in [-0.3, -0.25) is 14.1 Å². The summed E-state index contributed by atoms with van der Waals surface area (Å²) < 4.78 is 30.2. The maximum absolute atomic E-state index is 13.7. The number of anilines is 1. The van der Waals surface area contributed by atoms with Gasteiger partial charge >= 0.3 is 0 Å². The minimum Gasteiger partial charge on any atom is -0.383 e. The highest BCUT2D eigenvalue weighted by molar-refractivity contribution is 9.10. The van der Waals surface area contributed by atoms with Crippen molar-refractivity contribution in [1.29, 1.82) is 0 Å². The van der Waals surface area contributed by atoms with Gasteiger partial charge in [0.2, 0.25) is 0 Å². The minimum absolute atomic E-state index is 0.312. The average molecular weight is 532 g/mol. The predicted molar refractivity (Wildman–Crippen MR) is 134 cm³/mol. The Morgan fingerprint density at radius 2 is 1.97 bits per heavy atom. The molecule has 4 aromatic rings. The largest absolute Gasteiger partial charge is 0.383 e. The number of piperazine rings is 1. The molecule has 1 aliphatic rings. The zero-order valence-corrected chi connectivity index (χ0v) is 20.4. The number of nitrogens with two attached hydrogens (primary N) is 1. The molecule has 1 aliphatic heterocycles. The predicted octanol–water partition coefficient (Wildman–Crippen LogP) is 2.81. The van der Waals surface area contributed by atoms with Crippen LogP contribution in [0, 0.1) is 5.82 Å². The SMILES string of the molecule is C=S(C)(=O)N1CCN(Cc2nc3c(-c4cnc5ccc(F)cc5c4)cnn3c(N)c2Br)CC1. The van der Waals surface area contributed by atoms with E-state index in [0.29, 0.717) is 46.5 Å². The van der Waals surface area contributed by atoms with E-state index in [9.17, 15) is 8.60 Å². The molecule has 1 aromatic carbocycles. The van der Waals surface area contributed by atoms with E-state index in [1.807, 2.05) is 10.4 Å². The van der Waals surface area contributed by atoms with Crippen LogP contribution in [0.2, 0.25) is 0 Å². The molecule has 3 aromatic heterocycles. The lowest BCUT2D eigenvalue weighted by Gasteiger charge is -2.35. The number of nitrogens with zero attached hydrogens (tertiary/aromatic N) is 6. The van der Waals surface area contributed by atoms with E-state index in [-0.39, 0.29) is 5.82 Å². The first-order valence-electron chi connectivity index (χ1n) is 10.4. The van der Waals surface area contributed by atoms with Crippen LogP contribution in [0.25, 0.3) is 27.7 Å². The molecule has 0 amide bonds. The topological polar surface area (TPSA) is 92.7 Å². The first kappa shape index (κ1) is 22.2. The Labute approximate surface area is 199 Å². The van der Waals surface area contributed by atoms with Crippen LogP contribution in [-0.2, 0) is 16.3 Å². The van der Waals surface area contributed by atoms with Crippen LogP contribution >= 0.6 is 15.9 Å². The highest BCUT2D eigenvalue weighted by atomic mass is 79.9. The second-order valence-corrected chi connectivity index (χ2v) is 11.5. The summed E-state index contributed by atoms with van der Waals surface area (Å²) in [6.45, 7) is 3.47. The number of rotatable bonds is 4. The summed E-state index contributed by atoms with van der Waals surface area (Å²) in [5.74, 6) is 3.92. The van der Waals surface area contributed by atoms with Gasteiger partial charge in [0.25, 0.3) is 0 Å². The number of aromatic nitrogens is 4. The van der Waals surface area contributed by atoms with Gasteiger partial charge in [0.05, 0.1) is 21.9 Å². The second-order valence-electron chi connectivity index (χ2n) is 8.28. The molecule has 0 bridgehead atoms. The molecule has 33 heavy (non-hydrogen) atoms. The third kappa shape index (κ3) is 4.21. The van der Waals surface area contributed by atoms with Gasteiger partial charge in [-0.1, -0.05) is 0 Å². The van der Waals surface area contributed by atoms with Crippen molar-refractivity contribution >= 4 is 53.9 Å². The number of halogens is 2. The number of pyridine rings is 1. The van der Waals surface area contributed by atoms with Crippen LogP contribution in [-0.4, -0.2) is 71.3 Å². The van der Waals surface area contributed by atoms with Gasteiger partial charge in [0, 0.05) is 71.4 Å². The maximum atomic E-state index is 13.7. The molecule has 8 nitrogen and oxygen atoms in total. The lowest BCUT2D eigenvalue weighted by molar-refractivity contribution is 0.183. The molecule has 4 heterocycles. The molecule has 172 valence electrons. The van der Waals surface area contributed by atoms with Gasteiger partial charge in [0.1, 0.15) is 11.6 Å². The smallest absolute Gasteiger partial charge is 0.165 e. The molecule has 2 N–H and O–H groups in total. The van der Waals surface area contributed by atoms with Crippen molar-refractivity contribution in [3.63, 3.8) is 0 Å². The molecular formula is C22H23BrFN7OS. The van der Waals surface area contributed by atoms with Crippen molar-refractivity contribution in [2.75, 3.05) is 38.2 Å². The van der Waals surface area contributed by atoms with Gasteiger partial charge in [-0.05, 0) is 46.1 Å². The fourth-order valence-corrected chi connectivity index (χ4v) is 5.41. The van der Waals surface area contributed by atoms with Crippen LogP contribution in [0.4, 0.5) is 10.2 Å². The van der Waals surface area contributed by atoms with E-state index >= 15 is 0 Å². The summed E-state index contributed by atoms with van der Waals surface area (Å²) in [4.78, 5) is 11.6. The van der Waals surface area contributed by atoms with Gasteiger partial charge in [-0.25, -0.2) is 13.7 Å². The Balaban J connectivity index is 1.49. The molecule has 0 saturated carbocycles. The average Bonchev–Trinajstić information content (AvgIpc) is 3.20. The third-order valence-electron chi connectivity index (χ3n) is 5.90. The molecule has 5 rings (SSSR count). The van der Waals surface area contributed by atoms with Crippen molar-refractivity contribution in [2.45, 2.75) is 6.54 Å². The normalized spacial score (nSPS) is 17.5. The lowest BCUT2D eigenvalue weighted by atomic mass is 10.1. The summed E-state index contributed by atoms with van der Waals surface area (Å²) in [6.07, 6.45) is 5.10. The molecule has 1 fully saturated rings. The summed E-state index contributed by atoms with van der Waals surface area (Å²) in [5, 5.41) is 5.12. The second kappa shape index (κ2) is 8.32. The zero-order valence-electron chi connectivity index (χ0n) is 18.0. The van der Waals surface area contributed by atoms with Crippen molar-refractivity contribution in [2.24, 2.45) is 0 Å². The Morgan fingerprint density at radius 1 is 1.21 bits per heavy atom. The van der Waals surface area contributed by atoms with Crippen LogP contribution in [0.1, 0.15) is 5.69 Å². The summed E-state index contributed by atoms with van der Waals surface area (Å²) in [6, 6.07) is 6.39. The first-order chi connectivity index (χ1) is 15.7. The number of hydrogen-bond acceptors (Lipinski definition) is 6. The van der Waals surface area contributed by atoms with E-state index in [1.165, 1.54) is 12.1 Å². The van der Waals surface area contributed by atoms with Crippen molar-refractivity contribution < 1.29 is 8.60 Å². The van der Waals surface area contributed by atoms with Gasteiger partial charge in [-0.15, -0.1) is 0 Å². The summed E-state index contributed by atoms with van der Waals surface area (Å²) in [7, 11) is -2.19. The molecule has 1 unspecified atom stereocenters. The number of benzene rings is 1. The Bertz CT molecular complexity index is 1480. The summed E-state index contributed by atoms with van der Waals surface area (Å²) in [5.41, 5.74) is 10.0. The maximum Gasteiger partial charge on any atom is 0.165 e.